The highest BCUT2D eigenvalue weighted by Crippen LogP contribution is 2.25. The van der Waals surface area contributed by atoms with Crippen LogP contribution in [0.1, 0.15) is 5.56 Å². The smallest absolute Gasteiger partial charge is 0.275 e. The summed E-state index contributed by atoms with van der Waals surface area (Å²) in [4.78, 5) is 0. The molecule has 0 amide bonds. The van der Waals surface area contributed by atoms with Gasteiger partial charge < -0.3 is 0 Å². The Labute approximate surface area is 117 Å². The van der Waals surface area contributed by atoms with Crippen molar-refractivity contribution in [1.29, 1.82) is 0 Å². The molecule has 1 N–H and O–H groups in total. The van der Waals surface area contributed by atoms with Crippen molar-refractivity contribution >= 4 is 36.3 Å². The van der Waals surface area contributed by atoms with Gasteiger partial charge in [0.05, 0.1) is 6.21 Å². The molecule has 0 saturated heterocycles. The topological polar surface area (TPSA) is 40.0 Å². The molecule has 102 valence electrons. The first kappa shape index (κ1) is 14.0. The molecule has 0 spiro atoms. The highest BCUT2D eigenvalue weighted by atomic mass is 35.5. The van der Waals surface area contributed by atoms with Crippen LogP contribution in [0.25, 0.3) is 0 Å². The molecule has 0 saturated carbocycles. The van der Waals surface area contributed by atoms with Gasteiger partial charge in [0, 0.05) is 5.02 Å². The van der Waals surface area contributed by atoms with Crippen LogP contribution in [0.4, 0.5) is 13.2 Å². The minimum absolute atomic E-state index is 0.532. The molecule has 9 heteroatoms. The van der Waals surface area contributed by atoms with Crippen LogP contribution in [0.2, 0.25) is 5.02 Å². The second-order valence-electron chi connectivity index (χ2n) is 3.58. The number of alkyl halides is 3. The van der Waals surface area contributed by atoms with Gasteiger partial charge in [-0.15, -0.1) is 12.6 Å². The number of hydrazone groups is 2. The fourth-order valence-corrected chi connectivity index (χ4v) is 1.68. The lowest BCUT2D eigenvalue weighted by molar-refractivity contribution is -0.0675. The quantitative estimate of drug-likeness (QED) is 0.651. The molecule has 1 atom stereocenters. The minimum atomic E-state index is -4.60. The Morgan fingerprint density at radius 1 is 1.37 bits per heavy atom. The third kappa shape index (κ3) is 3.32. The summed E-state index contributed by atoms with van der Waals surface area (Å²) in [6.07, 6.45) is -3.32. The van der Waals surface area contributed by atoms with E-state index in [-0.39, 0.29) is 0 Å². The Balaban J connectivity index is 2.17. The number of thiol groups is 1. The Bertz CT molecular complexity index is 515. The molecule has 1 aliphatic heterocycles. The van der Waals surface area contributed by atoms with Gasteiger partial charge in [0.2, 0.25) is 0 Å². The van der Waals surface area contributed by atoms with Crippen molar-refractivity contribution in [2.75, 3.05) is 0 Å². The van der Waals surface area contributed by atoms with Gasteiger partial charge in [0.1, 0.15) is 0 Å². The second-order valence-corrected chi connectivity index (χ2v) is 4.50. The fraction of sp³-hybridized carbons (Fsp3) is 0.200. The van der Waals surface area contributed by atoms with E-state index in [1.54, 1.807) is 24.3 Å². The molecular weight excluding hydrogens is 301 g/mol. The van der Waals surface area contributed by atoms with Crippen LogP contribution in [0, 0.1) is 0 Å². The third-order valence-electron chi connectivity index (χ3n) is 2.19. The summed E-state index contributed by atoms with van der Waals surface area (Å²) in [5.41, 5.74) is 1.85. The highest BCUT2D eigenvalue weighted by molar-refractivity contribution is 7.80. The number of hydrogen-bond donors (Lipinski definition) is 2. The number of rotatable bonds is 2. The highest BCUT2D eigenvalue weighted by Gasteiger charge is 2.45. The van der Waals surface area contributed by atoms with Gasteiger partial charge in [0.25, 0.3) is 5.84 Å². The lowest BCUT2D eigenvalue weighted by Crippen LogP contribution is -2.39. The van der Waals surface area contributed by atoms with E-state index in [9.17, 15) is 13.2 Å². The molecular formula is C10H8ClF3N4S. The van der Waals surface area contributed by atoms with E-state index >= 15 is 0 Å². The van der Waals surface area contributed by atoms with Gasteiger partial charge in [-0.3, -0.25) is 5.43 Å². The molecule has 2 rings (SSSR count). The van der Waals surface area contributed by atoms with Crippen LogP contribution in [0.15, 0.2) is 34.5 Å². The molecule has 1 unspecified atom stereocenters. The van der Waals surface area contributed by atoms with Crippen LogP contribution >= 0.6 is 24.2 Å². The molecule has 0 fully saturated rings. The summed E-state index contributed by atoms with van der Waals surface area (Å²) < 4.78 is 37.9. The van der Waals surface area contributed by atoms with Gasteiger partial charge in [-0.25, -0.2) is 5.01 Å². The van der Waals surface area contributed by atoms with Gasteiger partial charge in [-0.1, -0.05) is 23.7 Å². The van der Waals surface area contributed by atoms with Crippen molar-refractivity contribution in [3.8, 4) is 0 Å². The van der Waals surface area contributed by atoms with Gasteiger partial charge >= 0.3 is 6.18 Å². The van der Waals surface area contributed by atoms with E-state index in [2.05, 4.69) is 28.3 Å². The van der Waals surface area contributed by atoms with Crippen molar-refractivity contribution in [3.05, 3.63) is 34.9 Å². The predicted octanol–water partition coefficient (Wildman–Crippen LogP) is 2.67. The number of halogens is 4. The number of nitrogens with one attached hydrogen (secondary N) is 1. The summed E-state index contributed by atoms with van der Waals surface area (Å²) in [6.45, 7) is 0. The standard InChI is InChI=1S/C10H8ClF3N4S/c11-7-3-1-6(2-4-7)5-15-18-8(10(12,13)14)16-17-9(18)19/h1-5,9,17,19H. The third-order valence-corrected chi connectivity index (χ3v) is 2.78. The molecule has 1 aromatic rings. The fourth-order valence-electron chi connectivity index (χ4n) is 1.33. The Hall–Kier alpha value is -1.41. The molecule has 4 nitrogen and oxygen atoms in total. The molecule has 19 heavy (non-hydrogen) atoms. The molecule has 1 aliphatic rings. The number of hydrogen-bond acceptors (Lipinski definition) is 5. The van der Waals surface area contributed by atoms with Gasteiger partial charge in [-0.05, 0) is 17.7 Å². The van der Waals surface area contributed by atoms with E-state index in [0.29, 0.717) is 15.6 Å². The summed E-state index contributed by atoms with van der Waals surface area (Å²) in [5.74, 6) is -1.14. The first-order chi connectivity index (χ1) is 8.88. The van der Waals surface area contributed by atoms with Crippen LogP contribution in [-0.2, 0) is 0 Å². The summed E-state index contributed by atoms with van der Waals surface area (Å²) in [5, 5.41) is 8.06. The molecule has 0 aromatic heterocycles. The SMILES string of the molecule is FC(F)(F)C1=NNC(S)N1N=Cc1ccc(Cl)cc1. The number of benzene rings is 1. The molecule has 1 heterocycles. The van der Waals surface area contributed by atoms with Crippen molar-refractivity contribution in [1.82, 2.24) is 10.4 Å². The lowest BCUT2D eigenvalue weighted by Gasteiger charge is -2.18. The second kappa shape index (κ2) is 5.30. The zero-order valence-electron chi connectivity index (χ0n) is 9.26. The van der Waals surface area contributed by atoms with E-state index < -0.39 is 17.5 Å². The van der Waals surface area contributed by atoms with E-state index in [1.165, 1.54) is 6.21 Å². The maximum absolute atomic E-state index is 12.6. The average molecular weight is 309 g/mol. The van der Waals surface area contributed by atoms with Crippen molar-refractivity contribution in [2.24, 2.45) is 10.2 Å². The van der Waals surface area contributed by atoms with Crippen LogP contribution in [0.3, 0.4) is 0 Å². The Kier molecular flexibility index (Phi) is 3.91. The van der Waals surface area contributed by atoms with Gasteiger partial charge in [0.15, 0.2) is 5.50 Å². The Morgan fingerprint density at radius 3 is 2.58 bits per heavy atom. The first-order valence-corrected chi connectivity index (χ1v) is 5.94. The normalized spacial score (nSPS) is 19.7. The molecule has 0 bridgehead atoms. The maximum Gasteiger partial charge on any atom is 0.453 e. The maximum atomic E-state index is 12.6. The molecule has 0 aliphatic carbocycles. The predicted molar refractivity (Wildman–Crippen MR) is 70.3 cm³/mol. The van der Waals surface area contributed by atoms with Crippen LogP contribution in [-0.4, -0.2) is 28.7 Å². The summed E-state index contributed by atoms with van der Waals surface area (Å²) in [6, 6.07) is 6.49. The summed E-state index contributed by atoms with van der Waals surface area (Å²) >= 11 is 9.61. The average Bonchev–Trinajstić information content (AvgIpc) is 2.70. The van der Waals surface area contributed by atoms with Crippen LogP contribution < -0.4 is 5.43 Å². The minimum Gasteiger partial charge on any atom is -0.275 e. The molecule has 0 radical (unpaired) electrons. The number of nitrogens with zero attached hydrogens (tertiary/aromatic N) is 3. The molecule has 1 aromatic carbocycles. The van der Waals surface area contributed by atoms with Crippen molar-refractivity contribution < 1.29 is 13.2 Å². The van der Waals surface area contributed by atoms with E-state index in [1.807, 2.05) is 0 Å². The number of amidine groups is 1. The zero-order valence-corrected chi connectivity index (χ0v) is 10.9. The largest absolute Gasteiger partial charge is 0.453 e. The summed E-state index contributed by atoms with van der Waals surface area (Å²) in [7, 11) is 0. The zero-order chi connectivity index (χ0) is 14.0. The van der Waals surface area contributed by atoms with Crippen LogP contribution in [0.5, 0.6) is 0 Å². The van der Waals surface area contributed by atoms with E-state index in [4.69, 9.17) is 11.6 Å². The van der Waals surface area contributed by atoms with Crippen molar-refractivity contribution in [3.63, 3.8) is 0 Å². The first-order valence-electron chi connectivity index (χ1n) is 5.05. The van der Waals surface area contributed by atoms with Crippen molar-refractivity contribution in [2.45, 2.75) is 11.7 Å². The van der Waals surface area contributed by atoms with Gasteiger partial charge in [-0.2, -0.15) is 23.4 Å². The Morgan fingerprint density at radius 2 is 2.00 bits per heavy atom. The lowest BCUT2D eigenvalue weighted by atomic mass is 10.2. The monoisotopic (exact) mass is 308 g/mol. The van der Waals surface area contributed by atoms with E-state index in [0.717, 1.165) is 0 Å².